The van der Waals surface area contributed by atoms with E-state index in [4.69, 9.17) is 19.2 Å². The van der Waals surface area contributed by atoms with Gasteiger partial charge in [0.2, 0.25) is 0 Å². The number of hydrogen-bond donors (Lipinski definition) is 2. The van der Waals surface area contributed by atoms with Crippen LogP contribution in [-0.4, -0.2) is 88.7 Å². The monoisotopic (exact) mass is 502 g/mol. The molecule has 2 aliphatic rings. The van der Waals surface area contributed by atoms with Crippen molar-refractivity contribution in [3.8, 4) is 22.9 Å². The van der Waals surface area contributed by atoms with Crippen LogP contribution in [0.25, 0.3) is 22.4 Å². The van der Waals surface area contributed by atoms with Crippen molar-refractivity contribution in [1.82, 2.24) is 35.2 Å². The molecule has 37 heavy (non-hydrogen) atoms. The molecule has 192 valence electrons. The Kier molecular flexibility index (Phi) is 6.70. The first kappa shape index (κ1) is 23.4. The van der Waals surface area contributed by atoms with Gasteiger partial charge < -0.3 is 24.5 Å². The minimum Gasteiger partial charge on any atom is -0.493 e. The summed E-state index contributed by atoms with van der Waals surface area (Å²) in [6.07, 6.45) is 1.93. The van der Waals surface area contributed by atoms with Gasteiger partial charge in [0.15, 0.2) is 11.5 Å². The number of aliphatic imine (C=N–C) groups is 1. The topological polar surface area (TPSA) is 115 Å². The molecule has 11 heteroatoms. The summed E-state index contributed by atoms with van der Waals surface area (Å²) in [6, 6.07) is 11.9. The third-order valence-corrected chi connectivity index (χ3v) is 6.58. The van der Waals surface area contributed by atoms with Crippen molar-refractivity contribution in [3.05, 3.63) is 53.9 Å². The van der Waals surface area contributed by atoms with E-state index in [0.717, 1.165) is 92.0 Å². The molecule has 0 radical (unpaired) electrons. The largest absolute Gasteiger partial charge is 0.493 e. The van der Waals surface area contributed by atoms with E-state index in [2.05, 4.69) is 36.6 Å². The molecule has 0 unspecified atom stereocenters. The highest BCUT2D eigenvalue weighted by atomic mass is 16.5. The predicted molar refractivity (Wildman–Crippen MR) is 139 cm³/mol. The zero-order valence-electron chi connectivity index (χ0n) is 20.8. The van der Waals surface area contributed by atoms with E-state index in [1.54, 1.807) is 7.11 Å². The molecular formula is C26H30N8O3. The minimum atomic E-state index is 0.304. The van der Waals surface area contributed by atoms with Crippen molar-refractivity contribution in [2.75, 3.05) is 53.0 Å². The van der Waals surface area contributed by atoms with Gasteiger partial charge in [0.1, 0.15) is 24.0 Å². The Bertz CT molecular complexity index is 1410. The summed E-state index contributed by atoms with van der Waals surface area (Å²) in [4.78, 5) is 15.1. The van der Waals surface area contributed by atoms with Gasteiger partial charge in [-0.05, 0) is 36.4 Å². The maximum Gasteiger partial charge on any atom is 0.161 e. The van der Waals surface area contributed by atoms with Crippen LogP contribution >= 0.6 is 0 Å². The van der Waals surface area contributed by atoms with E-state index in [1.807, 2.05) is 41.2 Å². The third-order valence-electron chi connectivity index (χ3n) is 6.58. The number of morpholine rings is 1. The molecule has 4 heterocycles. The standard InChI is InChI=1S/C26H30N8O3/c1-35-24-15-19(26-29-21-4-2-18(14-22(21)30-26)25-27-6-7-28-25)3-5-23(24)37-17-20-16-34(32-31-20)9-8-33-10-12-36-13-11-33/h2-5,14-16H,6-13,17H2,1H3,(H,27,28)(H,29,30). The first-order valence-electron chi connectivity index (χ1n) is 12.5. The lowest BCUT2D eigenvalue weighted by Crippen LogP contribution is -2.38. The number of fused-ring (bicyclic) bond motifs is 1. The van der Waals surface area contributed by atoms with Gasteiger partial charge in [-0.2, -0.15) is 0 Å². The number of nitrogens with one attached hydrogen (secondary N) is 2. The average molecular weight is 503 g/mol. The second-order valence-corrected chi connectivity index (χ2v) is 9.06. The fourth-order valence-corrected chi connectivity index (χ4v) is 4.55. The summed E-state index contributed by atoms with van der Waals surface area (Å²) in [5, 5.41) is 11.8. The molecule has 1 fully saturated rings. The van der Waals surface area contributed by atoms with Crippen LogP contribution in [-0.2, 0) is 17.9 Å². The van der Waals surface area contributed by atoms with Crippen molar-refractivity contribution in [2.45, 2.75) is 13.2 Å². The molecule has 2 N–H and O–H groups in total. The first-order valence-corrected chi connectivity index (χ1v) is 12.5. The number of benzene rings is 2. The Morgan fingerprint density at radius 3 is 2.76 bits per heavy atom. The van der Waals surface area contributed by atoms with E-state index in [0.29, 0.717) is 18.1 Å². The Morgan fingerprint density at radius 1 is 1.03 bits per heavy atom. The van der Waals surface area contributed by atoms with Crippen LogP contribution in [0.15, 0.2) is 47.6 Å². The van der Waals surface area contributed by atoms with Crippen molar-refractivity contribution >= 4 is 16.9 Å². The van der Waals surface area contributed by atoms with Gasteiger partial charge >= 0.3 is 0 Å². The van der Waals surface area contributed by atoms with Crippen molar-refractivity contribution < 1.29 is 14.2 Å². The van der Waals surface area contributed by atoms with Crippen LogP contribution < -0.4 is 14.8 Å². The molecule has 6 rings (SSSR count). The number of rotatable bonds is 9. The number of ether oxygens (including phenoxy) is 3. The molecular weight excluding hydrogens is 472 g/mol. The fraction of sp³-hybridized carbons (Fsp3) is 0.385. The molecule has 0 aliphatic carbocycles. The maximum atomic E-state index is 6.03. The van der Waals surface area contributed by atoms with Crippen molar-refractivity contribution in [3.63, 3.8) is 0 Å². The molecule has 2 aromatic carbocycles. The number of methoxy groups -OCH3 is 1. The lowest BCUT2D eigenvalue weighted by Gasteiger charge is -2.26. The number of H-pyrrole nitrogens is 1. The van der Waals surface area contributed by atoms with Gasteiger partial charge in [0, 0.05) is 37.3 Å². The minimum absolute atomic E-state index is 0.304. The molecule has 0 saturated carbocycles. The maximum absolute atomic E-state index is 6.03. The lowest BCUT2D eigenvalue weighted by molar-refractivity contribution is 0.0359. The molecule has 2 aliphatic heterocycles. The first-order chi connectivity index (χ1) is 18.2. The SMILES string of the molecule is COc1cc(-c2nc3ccc(C4=NCCN4)cc3[nH]2)ccc1OCc1cn(CCN2CCOCC2)nn1. The molecule has 1 saturated heterocycles. The van der Waals surface area contributed by atoms with Crippen LogP contribution in [0.3, 0.4) is 0 Å². The normalized spacial score (nSPS) is 16.1. The van der Waals surface area contributed by atoms with E-state index in [1.165, 1.54) is 0 Å². The number of amidine groups is 1. The summed E-state index contributed by atoms with van der Waals surface area (Å²) in [5.41, 5.74) is 4.59. The molecule has 0 atom stereocenters. The fourth-order valence-electron chi connectivity index (χ4n) is 4.55. The lowest BCUT2D eigenvalue weighted by atomic mass is 10.2. The molecule has 4 aromatic rings. The van der Waals surface area contributed by atoms with Crippen molar-refractivity contribution in [1.29, 1.82) is 0 Å². The predicted octanol–water partition coefficient (Wildman–Crippen LogP) is 2.09. The van der Waals surface area contributed by atoms with Crippen molar-refractivity contribution in [2.24, 2.45) is 4.99 Å². The second kappa shape index (κ2) is 10.6. The Labute approximate surface area is 214 Å². The van der Waals surface area contributed by atoms with Gasteiger partial charge in [-0.15, -0.1) is 5.10 Å². The van der Waals surface area contributed by atoms with E-state index in [9.17, 15) is 0 Å². The number of imidazole rings is 1. The summed E-state index contributed by atoms with van der Waals surface area (Å²) in [5.74, 6) is 2.96. The summed E-state index contributed by atoms with van der Waals surface area (Å²) in [7, 11) is 1.63. The number of nitrogens with zero attached hydrogens (tertiary/aromatic N) is 6. The zero-order valence-corrected chi connectivity index (χ0v) is 20.8. The number of hydrogen-bond acceptors (Lipinski definition) is 9. The summed E-state index contributed by atoms with van der Waals surface area (Å²) >= 11 is 0. The molecule has 0 amide bonds. The molecule has 2 aromatic heterocycles. The summed E-state index contributed by atoms with van der Waals surface area (Å²) in [6.45, 7) is 7.21. The number of aromatic nitrogens is 5. The smallest absolute Gasteiger partial charge is 0.161 e. The van der Waals surface area contributed by atoms with E-state index >= 15 is 0 Å². The second-order valence-electron chi connectivity index (χ2n) is 9.06. The highest BCUT2D eigenvalue weighted by Gasteiger charge is 2.14. The van der Waals surface area contributed by atoms with E-state index < -0.39 is 0 Å². The van der Waals surface area contributed by atoms with Crippen LogP contribution in [0.5, 0.6) is 11.5 Å². The number of aromatic amines is 1. The quantitative estimate of drug-likeness (QED) is 0.358. The van der Waals surface area contributed by atoms with Gasteiger partial charge in [-0.25, -0.2) is 4.98 Å². The molecule has 0 spiro atoms. The third kappa shape index (κ3) is 5.27. The van der Waals surface area contributed by atoms with Crippen LogP contribution in [0.1, 0.15) is 11.3 Å². The van der Waals surface area contributed by atoms with Gasteiger partial charge in [-0.3, -0.25) is 14.6 Å². The Morgan fingerprint density at radius 2 is 1.92 bits per heavy atom. The van der Waals surface area contributed by atoms with Gasteiger partial charge in [-0.1, -0.05) is 5.21 Å². The molecule has 0 bridgehead atoms. The molecule has 11 nitrogen and oxygen atoms in total. The Balaban J connectivity index is 1.11. The van der Waals surface area contributed by atoms with Crippen LogP contribution in [0.4, 0.5) is 0 Å². The Hall–Kier alpha value is -3.96. The zero-order chi connectivity index (χ0) is 25.0. The van der Waals surface area contributed by atoms with Gasteiger partial charge in [0.05, 0.1) is 50.6 Å². The highest BCUT2D eigenvalue weighted by molar-refractivity contribution is 6.02. The highest BCUT2D eigenvalue weighted by Crippen LogP contribution is 2.33. The van der Waals surface area contributed by atoms with E-state index in [-0.39, 0.29) is 0 Å². The average Bonchev–Trinajstić information content (AvgIpc) is 3.72. The van der Waals surface area contributed by atoms with Crippen LogP contribution in [0, 0.1) is 0 Å². The van der Waals surface area contributed by atoms with Crippen LogP contribution in [0.2, 0.25) is 0 Å². The van der Waals surface area contributed by atoms with Gasteiger partial charge in [0.25, 0.3) is 0 Å². The summed E-state index contributed by atoms with van der Waals surface area (Å²) < 4.78 is 18.9.